The first kappa shape index (κ1) is 11.7. The molecule has 0 aromatic heterocycles. The lowest BCUT2D eigenvalue weighted by Gasteiger charge is -2.24. The summed E-state index contributed by atoms with van der Waals surface area (Å²) in [6, 6.07) is 0. The highest BCUT2D eigenvalue weighted by Gasteiger charge is 2.23. The third-order valence-electron chi connectivity index (χ3n) is 3.17. The highest BCUT2D eigenvalue weighted by Crippen LogP contribution is 2.29. The predicted octanol–water partition coefficient (Wildman–Crippen LogP) is 2.81. The van der Waals surface area contributed by atoms with Gasteiger partial charge in [-0.3, -0.25) is 4.79 Å². The van der Waals surface area contributed by atoms with Crippen molar-refractivity contribution >= 4 is 5.78 Å². The van der Waals surface area contributed by atoms with Crippen LogP contribution in [-0.4, -0.2) is 19.0 Å². The van der Waals surface area contributed by atoms with E-state index in [2.05, 4.69) is 6.92 Å². The van der Waals surface area contributed by atoms with Crippen molar-refractivity contribution in [2.24, 2.45) is 11.8 Å². The van der Waals surface area contributed by atoms with Crippen LogP contribution in [-0.2, 0) is 9.53 Å². The van der Waals surface area contributed by atoms with E-state index in [1.54, 1.807) is 0 Å². The molecule has 0 aromatic carbocycles. The summed E-state index contributed by atoms with van der Waals surface area (Å²) in [5.74, 6) is 1.59. The molecule has 82 valence electrons. The Balaban J connectivity index is 2.17. The summed E-state index contributed by atoms with van der Waals surface area (Å²) in [7, 11) is 0. The zero-order chi connectivity index (χ0) is 10.4. The smallest absolute Gasteiger partial charge is 0.138 e. The minimum atomic E-state index is 0.339. The van der Waals surface area contributed by atoms with Crippen molar-refractivity contribution < 1.29 is 9.53 Å². The molecule has 0 aliphatic heterocycles. The van der Waals surface area contributed by atoms with Gasteiger partial charge in [-0.1, -0.05) is 19.8 Å². The van der Waals surface area contributed by atoms with Crippen molar-refractivity contribution in [1.82, 2.24) is 0 Å². The normalized spacial score (nSPS) is 27.6. The minimum Gasteiger partial charge on any atom is -0.381 e. The first-order chi connectivity index (χ1) is 6.74. The molecule has 0 bridgehead atoms. The van der Waals surface area contributed by atoms with Crippen molar-refractivity contribution in [1.29, 1.82) is 0 Å². The molecular weight excluding hydrogens is 176 g/mol. The number of rotatable bonds is 5. The van der Waals surface area contributed by atoms with Crippen LogP contribution >= 0.6 is 0 Å². The molecule has 2 nitrogen and oxygen atoms in total. The summed E-state index contributed by atoms with van der Waals surface area (Å²) in [5, 5.41) is 0. The molecule has 1 aliphatic carbocycles. The number of carbonyl (C=O) groups is 1. The van der Waals surface area contributed by atoms with E-state index in [4.69, 9.17) is 4.74 Å². The lowest BCUT2D eigenvalue weighted by atomic mass is 9.80. The second kappa shape index (κ2) is 6.18. The second-order valence-electron chi connectivity index (χ2n) is 4.37. The molecule has 1 fully saturated rings. The molecule has 0 unspecified atom stereocenters. The van der Waals surface area contributed by atoms with Gasteiger partial charge in [0.05, 0.1) is 6.61 Å². The maximum absolute atomic E-state index is 11.7. The maximum Gasteiger partial charge on any atom is 0.138 e. The lowest BCUT2D eigenvalue weighted by Crippen LogP contribution is -2.21. The van der Waals surface area contributed by atoms with Gasteiger partial charge in [0.25, 0.3) is 0 Å². The van der Waals surface area contributed by atoms with Crippen LogP contribution in [0.25, 0.3) is 0 Å². The molecule has 0 aromatic rings. The summed E-state index contributed by atoms with van der Waals surface area (Å²) >= 11 is 0. The van der Waals surface area contributed by atoms with Crippen LogP contribution in [0.3, 0.4) is 0 Å². The van der Waals surface area contributed by atoms with Gasteiger partial charge in [0.15, 0.2) is 0 Å². The fraction of sp³-hybridized carbons (Fsp3) is 0.917. The quantitative estimate of drug-likeness (QED) is 0.635. The molecule has 0 spiro atoms. The molecule has 0 saturated heterocycles. The van der Waals surface area contributed by atoms with E-state index in [9.17, 15) is 4.79 Å². The highest BCUT2D eigenvalue weighted by molar-refractivity contribution is 5.81. The van der Waals surface area contributed by atoms with E-state index in [0.717, 1.165) is 25.4 Å². The molecule has 1 aliphatic rings. The molecule has 0 N–H and O–H groups in total. The van der Waals surface area contributed by atoms with Gasteiger partial charge in [-0.2, -0.15) is 0 Å². The Kier molecular flexibility index (Phi) is 5.16. The fourth-order valence-corrected chi connectivity index (χ4v) is 2.10. The first-order valence-electron chi connectivity index (χ1n) is 5.84. The Morgan fingerprint density at radius 3 is 2.50 bits per heavy atom. The molecule has 0 atom stereocenters. The average Bonchev–Trinajstić information content (AvgIpc) is 2.19. The topological polar surface area (TPSA) is 26.3 Å². The van der Waals surface area contributed by atoms with E-state index in [1.165, 1.54) is 12.8 Å². The van der Waals surface area contributed by atoms with Crippen molar-refractivity contribution in [3.8, 4) is 0 Å². The summed E-state index contributed by atoms with van der Waals surface area (Å²) in [5.41, 5.74) is 0. The van der Waals surface area contributed by atoms with Crippen molar-refractivity contribution in [3.63, 3.8) is 0 Å². The minimum absolute atomic E-state index is 0.339. The monoisotopic (exact) mass is 198 g/mol. The first-order valence-corrected chi connectivity index (χ1v) is 5.84. The summed E-state index contributed by atoms with van der Waals surface area (Å²) in [4.78, 5) is 11.7. The fourth-order valence-electron chi connectivity index (χ4n) is 2.10. The van der Waals surface area contributed by atoms with E-state index in [-0.39, 0.29) is 0 Å². The number of ether oxygens (including phenoxy) is 1. The Morgan fingerprint density at radius 1 is 1.29 bits per heavy atom. The predicted molar refractivity (Wildman–Crippen MR) is 57.2 cm³/mol. The Bertz CT molecular complexity index is 169. The van der Waals surface area contributed by atoms with Gasteiger partial charge in [-0.05, 0) is 25.7 Å². The number of hydrogen-bond acceptors (Lipinski definition) is 2. The van der Waals surface area contributed by atoms with E-state index in [0.29, 0.717) is 24.7 Å². The van der Waals surface area contributed by atoms with Crippen molar-refractivity contribution in [2.45, 2.75) is 46.0 Å². The van der Waals surface area contributed by atoms with Crippen LogP contribution in [0.2, 0.25) is 0 Å². The average molecular weight is 198 g/mol. The standard InChI is InChI=1S/C12H22O2/c1-3-14-9-8-12(13)11-6-4-10(2)5-7-11/h10-11H,3-9H2,1-2H3. The van der Waals surface area contributed by atoms with Crippen molar-refractivity contribution in [3.05, 3.63) is 0 Å². The number of carbonyl (C=O) groups excluding carboxylic acids is 1. The van der Waals surface area contributed by atoms with Crippen LogP contribution in [0.5, 0.6) is 0 Å². The van der Waals surface area contributed by atoms with Gasteiger partial charge >= 0.3 is 0 Å². The van der Waals surface area contributed by atoms with E-state index in [1.807, 2.05) is 6.92 Å². The van der Waals surface area contributed by atoms with Crippen LogP contribution in [0.15, 0.2) is 0 Å². The third-order valence-corrected chi connectivity index (χ3v) is 3.17. The number of hydrogen-bond donors (Lipinski definition) is 0. The molecule has 0 amide bonds. The maximum atomic E-state index is 11.7. The van der Waals surface area contributed by atoms with Gasteiger partial charge < -0.3 is 4.74 Å². The molecule has 1 rings (SSSR count). The molecule has 2 heteroatoms. The summed E-state index contributed by atoms with van der Waals surface area (Å²) in [6.07, 6.45) is 5.28. The highest BCUT2D eigenvalue weighted by atomic mass is 16.5. The largest absolute Gasteiger partial charge is 0.381 e. The summed E-state index contributed by atoms with van der Waals surface area (Å²) < 4.78 is 5.20. The van der Waals surface area contributed by atoms with Crippen LogP contribution in [0.1, 0.15) is 46.0 Å². The number of ketones is 1. The molecule has 14 heavy (non-hydrogen) atoms. The van der Waals surface area contributed by atoms with Crippen molar-refractivity contribution in [2.75, 3.05) is 13.2 Å². The second-order valence-corrected chi connectivity index (χ2v) is 4.37. The van der Waals surface area contributed by atoms with Gasteiger partial charge in [0.1, 0.15) is 5.78 Å². The van der Waals surface area contributed by atoms with Gasteiger partial charge in [0.2, 0.25) is 0 Å². The van der Waals surface area contributed by atoms with Crippen LogP contribution < -0.4 is 0 Å². The molecule has 0 radical (unpaired) electrons. The van der Waals surface area contributed by atoms with E-state index < -0.39 is 0 Å². The number of Topliss-reactive ketones (excluding diaryl/α,β-unsaturated/α-hetero) is 1. The molecule has 0 heterocycles. The molecular formula is C12H22O2. The van der Waals surface area contributed by atoms with Gasteiger partial charge in [-0.25, -0.2) is 0 Å². The van der Waals surface area contributed by atoms with Crippen LogP contribution in [0, 0.1) is 11.8 Å². The SMILES string of the molecule is CCOCCC(=O)C1CCC(C)CC1. The third kappa shape index (κ3) is 3.79. The van der Waals surface area contributed by atoms with Gasteiger partial charge in [0, 0.05) is 18.9 Å². The Morgan fingerprint density at radius 2 is 1.93 bits per heavy atom. The Hall–Kier alpha value is -0.370. The zero-order valence-corrected chi connectivity index (χ0v) is 9.42. The molecule has 1 saturated carbocycles. The van der Waals surface area contributed by atoms with E-state index >= 15 is 0 Å². The zero-order valence-electron chi connectivity index (χ0n) is 9.42. The van der Waals surface area contributed by atoms with Gasteiger partial charge in [-0.15, -0.1) is 0 Å². The summed E-state index contributed by atoms with van der Waals surface area (Å²) in [6.45, 7) is 5.57. The Labute approximate surface area is 87.0 Å². The van der Waals surface area contributed by atoms with Crippen LogP contribution in [0.4, 0.5) is 0 Å². The lowest BCUT2D eigenvalue weighted by molar-refractivity contribution is -0.125.